The lowest BCUT2D eigenvalue weighted by atomic mass is 10.1. The van der Waals surface area contributed by atoms with Crippen LogP contribution in [0.2, 0.25) is 0 Å². The number of hydrogen-bond acceptors (Lipinski definition) is 2. The van der Waals surface area contributed by atoms with E-state index in [-0.39, 0.29) is 0 Å². The summed E-state index contributed by atoms with van der Waals surface area (Å²) in [4.78, 5) is 4.18. The van der Waals surface area contributed by atoms with Gasteiger partial charge >= 0.3 is 0 Å². The number of hydrogen-bond donors (Lipinski definition) is 1. The van der Waals surface area contributed by atoms with Crippen LogP contribution < -0.4 is 5.32 Å². The summed E-state index contributed by atoms with van der Waals surface area (Å²) in [5.41, 5.74) is 1.32. The third-order valence-electron chi connectivity index (χ3n) is 4.22. The molecule has 4 heteroatoms. The Hall–Kier alpha value is -1.13. The molecule has 1 aliphatic carbocycles. The summed E-state index contributed by atoms with van der Waals surface area (Å²) in [6, 6.07) is 9.84. The van der Waals surface area contributed by atoms with E-state index >= 15 is 0 Å². The van der Waals surface area contributed by atoms with Crippen molar-refractivity contribution in [3.63, 3.8) is 0 Å². The number of nitrogens with one attached hydrogen (secondary N) is 1. The molecule has 0 saturated heterocycles. The first-order chi connectivity index (χ1) is 9.75. The maximum Gasteiger partial charge on any atom is 0.0949 e. The molecule has 0 amide bonds. The molecular formula is C16H20BrN3. The zero-order chi connectivity index (χ0) is 13.9. The second kappa shape index (κ2) is 6.10. The van der Waals surface area contributed by atoms with E-state index in [1.807, 2.05) is 12.5 Å². The second-order valence-corrected chi connectivity index (χ2v) is 6.38. The smallest absolute Gasteiger partial charge is 0.0949 e. The first-order valence-corrected chi connectivity index (χ1v) is 8.03. The van der Waals surface area contributed by atoms with Crippen molar-refractivity contribution < 1.29 is 0 Å². The molecule has 1 aromatic heterocycles. The Balaban J connectivity index is 1.72. The summed E-state index contributed by atoms with van der Waals surface area (Å²) >= 11 is 3.64. The molecule has 1 fully saturated rings. The molecule has 0 radical (unpaired) electrons. The zero-order valence-corrected chi connectivity index (χ0v) is 13.3. The van der Waals surface area contributed by atoms with Crippen LogP contribution in [-0.4, -0.2) is 15.6 Å². The van der Waals surface area contributed by atoms with Crippen LogP contribution >= 0.6 is 15.9 Å². The van der Waals surface area contributed by atoms with E-state index in [2.05, 4.69) is 68.2 Å². The van der Waals surface area contributed by atoms with Crippen molar-refractivity contribution in [3.05, 3.63) is 53.0 Å². The van der Waals surface area contributed by atoms with Crippen LogP contribution in [0.15, 0.2) is 47.5 Å². The molecule has 1 aliphatic rings. The molecule has 3 unspecified atom stereocenters. The Kier molecular flexibility index (Phi) is 4.22. The number of rotatable bonds is 4. The Morgan fingerprint density at radius 3 is 2.95 bits per heavy atom. The maximum absolute atomic E-state index is 4.18. The average molecular weight is 334 g/mol. The standard InChI is InChI=1S/C16H20BrN3/c1-12(13-5-2-3-6-14(13)17)19-15-7-4-8-16(15)20-10-9-18-11-20/h2-3,5-6,9-12,15-16,19H,4,7-8H2,1H3. The normalized spacial score (nSPS) is 23.9. The van der Waals surface area contributed by atoms with Crippen LogP contribution in [0.3, 0.4) is 0 Å². The Labute approximate surface area is 128 Å². The largest absolute Gasteiger partial charge is 0.333 e. The summed E-state index contributed by atoms with van der Waals surface area (Å²) in [6.45, 7) is 2.24. The van der Waals surface area contributed by atoms with E-state index in [0.717, 1.165) is 0 Å². The van der Waals surface area contributed by atoms with Crippen LogP contribution in [0.1, 0.15) is 43.8 Å². The van der Waals surface area contributed by atoms with Gasteiger partial charge in [0.2, 0.25) is 0 Å². The highest BCUT2D eigenvalue weighted by Crippen LogP contribution is 2.32. The monoisotopic (exact) mass is 333 g/mol. The van der Waals surface area contributed by atoms with Gasteiger partial charge in [0.1, 0.15) is 0 Å². The van der Waals surface area contributed by atoms with Crippen molar-refractivity contribution >= 4 is 15.9 Å². The van der Waals surface area contributed by atoms with Crippen LogP contribution in [0.4, 0.5) is 0 Å². The van der Waals surface area contributed by atoms with Gasteiger partial charge < -0.3 is 9.88 Å². The number of aromatic nitrogens is 2. The second-order valence-electron chi connectivity index (χ2n) is 5.52. The molecule has 3 rings (SSSR count). The lowest BCUT2D eigenvalue weighted by molar-refractivity contribution is 0.362. The molecule has 20 heavy (non-hydrogen) atoms. The lowest BCUT2D eigenvalue weighted by Gasteiger charge is -2.26. The molecule has 0 aliphatic heterocycles. The van der Waals surface area contributed by atoms with E-state index in [4.69, 9.17) is 0 Å². The molecule has 3 atom stereocenters. The molecule has 106 valence electrons. The van der Waals surface area contributed by atoms with Crippen LogP contribution in [0, 0.1) is 0 Å². The minimum absolute atomic E-state index is 0.347. The quantitative estimate of drug-likeness (QED) is 0.913. The van der Waals surface area contributed by atoms with Gasteiger partial charge in [-0.3, -0.25) is 0 Å². The average Bonchev–Trinajstić information content (AvgIpc) is 3.09. The minimum atomic E-state index is 0.347. The SMILES string of the molecule is CC(NC1CCCC1n1ccnc1)c1ccccc1Br. The summed E-state index contributed by atoms with van der Waals surface area (Å²) in [5.74, 6) is 0. The van der Waals surface area contributed by atoms with Gasteiger partial charge in [0, 0.05) is 35.0 Å². The van der Waals surface area contributed by atoms with Gasteiger partial charge in [0.15, 0.2) is 0 Å². The third-order valence-corrected chi connectivity index (χ3v) is 4.95. The first kappa shape index (κ1) is 13.8. The van der Waals surface area contributed by atoms with E-state index in [1.54, 1.807) is 0 Å². The van der Waals surface area contributed by atoms with E-state index in [1.165, 1.54) is 29.3 Å². The maximum atomic E-state index is 4.18. The summed E-state index contributed by atoms with van der Waals surface area (Å²) < 4.78 is 3.43. The van der Waals surface area contributed by atoms with E-state index in [9.17, 15) is 0 Å². The number of benzene rings is 1. The molecule has 1 N–H and O–H groups in total. The van der Waals surface area contributed by atoms with Gasteiger partial charge in [-0.25, -0.2) is 4.98 Å². The van der Waals surface area contributed by atoms with Crippen molar-refractivity contribution in [2.45, 2.75) is 44.3 Å². The molecule has 2 aromatic rings. The molecule has 0 bridgehead atoms. The van der Waals surface area contributed by atoms with Gasteiger partial charge in [-0.15, -0.1) is 0 Å². The van der Waals surface area contributed by atoms with Gasteiger partial charge in [0.05, 0.1) is 6.33 Å². The topological polar surface area (TPSA) is 29.9 Å². The molecule has 3 nitrogen and oxygen atoms in total. The first-order valence-electron chi connectivity index (χ1n) is 7.23. The highest BCUT2D eigenvalue weighted by molar-refractivity contribution is 9.10. The van der Waals surface area contributed by atoms with Crippen molar-refractivity contribution in [1.29, 1.82) is 0 Å². The fraction of sp³-hybridized carbons (Fsp3) is 0.438. The number of halogens is 1. The van der Waals surface area contributed by atoms with E-state index < -0.39 is 0 Å². The summed E-state index contributed by atoms with van der Waals surface area (Å²) in [7, 11) is 0. The fourth-order valence-corrected chi connectivity index (χ4v) is 3.82. The molecule has 0 spiro atoms. The molecule has 1 saturated carbocycles. The summed E-state index contributed by atoms with van der Waals surface area (Å²) in [6.07, 6.45) is 9.63. The number of imidazole rings is 1. The van der Waals surface area contributed by atoms with Crippen LogP contribution in [0.5, 0.6) is 0 Å². The Bertz CT molecular complexity index is 553. The highest BCUT2D eigenvalue weighted by Gasteiger charge is 2.29. The van der Waals surface area contributed by atoms with Gasteiger partial charge in [0.25, 0.3) is 0 Å². The van der Waals surface area contributed by atoms with E-state index in [0.29, 0.717) is 18.1 Å². The predicted octanol–water partition coefficient (Wildman–Crippen LogP) is 4.09. The Morgan fingerprint density at radius 1 is 1.35 bits per heavy atom. The summed E-state index contributed by atoms with van der Waals surface area (Å²) in [5, 5.41) is 3.80. The zero-order valence-electron chi connectivity index (χ0n) is 11.7. The third kappa shape index (κ3) is 2.81. The highest BCUT2D eigenvalue weighted by atomic mass is 79.9. The van der Waals surface area contributed by atoms with Crippen molar-refractivity contribution in [1.82, 2.24) is 14.9 Å². The van der Waals surface area contributed by atoms with Crippen molar-refractivity contribution in [3.8, 4) is 0 Å². The fourth-order valence-electron chi connectivity index (χ4n) is 3.19. The van der Waals surface area contributed by atoms with Gasteiger partial charge in [-0.2, -0.15) is 0 Å². The van der Waals surface area contributed by atoms with Crippen LogP contribution in [-0.2, 0) is 0 Å². The minimum Gasteiger partial charge on any atom is -0.333 e. The molecular weight excluding hydrogens is 314 g/mol. The lowest BCUT2D eigenvalue weighted by Crippen LogP contribution is -2.35. The molecule has 1 aromatic carbocycles. The Morgan fingerprint density at radius 2 is 2.20 bits per heavy atom. The molecule has 1 heterocycles. The number of nitrogens with zero attached hydrogens (tertiary/aromatic N) is 2. The van der Waals surface area contributed by atoms with Crippen LogP contribution in [0.25, 0.3) is 0 Å². The van der Waals surface area contributed by atoms with Crippen molar-refractivity contribution in [2.75, 3.05) is 0 Å². The van der Waals surface area contributed by atoms with Gasteiger partial charge in [-0.05, 0) is 37.8 Å². The van der Waals surface area contributed by atoms with Crippen molar-refractivity contribution in [2.24, 2.45) is 0 Å². The van der Waals surface area contributed by atoms with Gasteiger partial charge in [-0.1, -0.05) is 34.1 Å². The predicted molar refractivity (Wildman–Crippen MR) is 84.6 cm³/mol.